The van der Waals surface area contributed by atoms with Crippen molar-refractivity contribution >= 4 is 18.3 Å². The highest BCUT2D eigenvalue weighted by molar-refractivity contribution is 7.80. The number of hydrogen-bond acceptors (Lipinski definition) is 5. The lowest BCUT2D eigenvalue weighted by atomic mass is 9.94. The summed E-state index contributed by atoms with van der Waals surface area (Å²) in [4.78, 5) is 9.09. The minimum absolute atomic E-state index is 0.00561. The summed E-state index contributed by atoms with van der Waals surface area (Å²) < 4.78 is 6.00. The fraction of sp³-hybridized carbons (Fsp3) is 0.688. The van der Waals surface area contributed by atoms with Crippen LogP contribution >= 0.6 is 12.6 Å². The molecular formula is C16H27N3OS. The fourth-order valence-electron chi connectivity index (χ4n) is 2.43. The van der Waals surface area contributed by atoms with Crippen molar-refractivity contribution in [1.29, 1.82) is 0 Å². The molecule has 1 aromatic heterocycles. The highest BCUT2D eigenvalue weighted by atomic mass is 32.1. The van der Waals surface area contributed by atoms with E-state index in [2.05, 4.69) is 67.5 Å². The maximum Gasteiger partial charge on any atom is 0.0928 e. The average molecular weight is 309 g/mol. The first-order chi connectivity index (χ1) is 9.82. The van der Waals surface area contributed by atoms with Crippen molar-refractivity contribution in [3.05, 3.63) is 24.0 Å². The lowest BCUT2D eigenvalue weighted by Gasteiger charge is -2.45. The SMILES string of the molecule is CC(S)c1ccc(N2CCOC(C(C)(C)N(C)C)C2)cn1. The standard InChI is InChI=1S/C16H27N3OS/c1-12(21)14-7-6-13(10-17-14)19-8-9-20-15(11-19)16(2,3)18(4)5/h6-7,10,12,15,21H,8-9,11H2,1-5H3. The molecule has 0 spiro atoms. The summed E-state index contributed by atoms with van der Waals surface area (Å²) >= 11 is 4.42. The first kappa shape index (κ1) is 16.6. The molecule has 1 aromatic rings. The van der Waals surface area contributed by atoms with Crippen molar-refractivity contribution in [3.8, 4) is 0 Å². The van der Waals surface area contributed by atoms with Crippen molar-refractivity contribution in [2.75, 3.05) is 38.7 Å². The van der Waals surface area contributed by atoms with Crippen LogP contribution in [0.3, 0.4) is 0 Å². The van der Waals surface area contributed by atoms with E-state index in [-0.39, 0.29) is 16.9 Å². The predicted molar refractivity (Wildman–Crippen MR) is 91.4 cm³/mol. The molecule has 2 atom stereocenters. The van der Waals surface area contributed by atoms with Gasteiger partial charge in [-0.25, -0.2) is 0 Å². The molecule has 1 aliphatic rings. The zero-order valence-corrected chi connectivity index (χ0v) is 14.6. The Hall–Kier alpha value is -0.780. The quantitative estimate of drug-likeness (QED) is 0.866. The molecule has 4 nitrogen and oxygen atoms in total. The number of thiol groups is 1. The third kappa shape index (κ3) is 3.71. The second-order valence-electron chi connectivity index (χ2n) is 6.47. The van der Waals surface area contributed by atoms with E-state index in [9.17, 15) is 0 Å². The lowest BCUT2D eigenvalue weighted by Crippen LogP contribution is -2.57. The molecule has 5 heteroatoms. The molecule has 1 saturated heterocycles. The highest BCUT2D eigenvalue weighted by Gasteiger charge is 2.36. The van der Waals surface area contributed by atoms with Gasteiger partial charge in [-0.1, -0.05) is 0 Å². The van der Waals surface area contributed by atoms with Crippen LogP contribution in [0.2, 0.25) is 0 Å². The molecular weight excluding hydrogens is 282 g/mol. The largest absolute Gasteiger partial charge is 0.373 e. The van der Waals surface area contributed by atoms with Crippen LogP contribution in [0.5, 0.6) is 0 Å². The van der Waals surface area contributed by atoms with Crippen molar-refractivity contribution in [1.82, 2.24) is 9.88 Å². The highest BCUT2D eigenvalue weighted by Crippen LogP contribution is 2.26. The lowest BCUT2D eigenvalue weighted by molar-refractivity contribution is -0.0484. The van der Waals surface area contributed by atoms with Crippen LogP contribution in [0, 0.1) is 0 Å². The van der Waals surface area contributed by atoms with E-state index in [0.29, 0.717) is 0 Å². The molecule has 0 amide bonds. The van der Waals surface area contributed by atoms with E-state index < -0.39 is 0 Å². The third-order valence-corrected chi connectivity index (χ3v) is 4.84. The van der Waals surface area contributed by atoms with E-state index in [1.54, 1.807) is 0 Å². The van der Waals surface area contributed by atoms with Crippen molar-refractivity contribution in [2.45, 2.75) is 37.7 Å². The summed E-state index contributed by atoms with van der Waals surface area (Å²) in [5, 5.41) is 0.171. The second-order valence-corrected chi connectivity index (χ2v) is 7.25. The van der Waals surface area contributed by atoms with Gasteiger partial charge >= 0.3 is 0 Å². The second kappa shape index (κ2) is 6.55. The van der Waals surface area contributed by atoms with Crippen LogP contribution in [-0.4, -0.2) is 55.3 Å². The Morgan fingerprint density at radius 3 is 2.67 bits per heavy atom. The Bertz CT molecular complexity index is 459. The Morgan fingerprint density at radius 2 is 2.14 bits per heavy atom. The van der Waals surface area contributed by atoms with E-state index in [0.717, 1.165) is 31.1 Å². The van der Waals surface area contributed by atoms with Crippen LogP contribution in [0.25, 0.3) is 0 Å². The van der Waals surface area contributed by atoms with Crippen LogP contribution in [0.15, 0.2) is 18.3 Å². The number of aromatic nitrogens is 1. The van der Waals surface area contributed by atoms with Gasteiger partial charge in [0.15, 0.2) is 0 Å². The molecule has 1 fully saturated rings. The topological polar surface area (TPSA) is 28.6 Å². The van der Waals surface area contributed by atoms with Crippen molar-refractivity contribution in [2.24, 2.45) is 0 Å². The predicted octanol–water partition coefficient (Wildman–Crippen LogP) is 2.62. The van der Waals surface area contributed by atoms with Gasteiger partial charge in [-0.05, 0) is 47.0 Å². The normalized spacial score (nSPS) is 21.7. The van der Waals surface area contributed by atoms with Crippen molar-refractivity contribution < 1.29 is 4.74 Å². The van der Waals surface area contributed by atoms with E-state index in [1.165, 1.54) is 0 Å². The molecule has 0 saturated carbocycles. The summed E-state index contributed by atoms with van der Waals surface area (Å²) in [6.45, 7) is 9.05. The Balaban J connectivity index is 2.10. The molecule has 118 valence electrons. The average Bonchev–Trinajstić information content (AvgIpc) is 2.47. The number of nitrogens with zero attached hydrogens (tertiary/aromatic N) is 3. The number of anilines is 1. The Morgan fingerprint density at radius 1 is 1.43 bits per heavy atom. The minimum Gasteiger partial charge on any atom is -0.373 e. The number of hydrogen-bond donors (Lipinski definition) is 1. The maximum atomic E-state index is 6.00. The first-order valence-electron chi connectivity index (χ1n) is 7.50. The molecule has 0 N–H and O–H groups in total. The summed E-state index contributed by atoms with van der Waals surface area (Å²) in [5.74, 6) is 0. The van der Waals surface area contributed by atoms with Gasteiger partial charge in [-0.2, -0.15) is 12.6 Å². The minimum atomic E-state index is 0.00561. The van der Waals surface area contributed by atoms with E-state index in [4.69, 9.17) is 4.74 Å². The molecule has 2 rings (SSSR count). The zero-order valence-electron chi connectivity index (χ0n) is 13.7. The van der Waals surface area contributed by atoms with Gasteiger partial charge in [0.25, 0.3) is 0 Å². The van der Waals surface area contributed by atoms with Crippen LogP contribution in [0.1, 0.15) is 31.7 Å². The van der Waals surface area contributed by atoms with E-state index >= 15 is 0 Å². The monoisotopic (exact) mass is 309 g/mol. The Kier molecular flexibility index (Phi) is 5.17. The van der Waals surface area contributed by atoms with Gasteiger partial charge in [-0.3, -0.25) is 4.98 Å². The number of pyridine rings is 1. The number of likely N-dealkylation sites (N-methyl/N-ethyl adjacent to an activating group) is 1. The van der Waals surface area contributed by atoms with Crippen LogP contribution in [0.4, 0.5) is 5.69 Å². The molecule has 21 heavy (non-hydrogen) atoms. The van der Waals surface area contributed by atoms with Gasteiger partial charge in [0, 0.05) is 23.9 Å². The first-order valence-corrected chi connectivity index (χ1v) is 8.02. The number of ether oxygens (including phenoxy) is 1. The van der Waals surface area contributed by atoms with Gasteiger partial charge in [0.1, 0.15) is 0 Å². The zero-order chi connectivity index (χ0) is 15.6. The summed E-state index contributed by atoms with van der Waals surface area (Å²) in [6, 6.07) is 4.20. The third-order valence-electron chi connectivity index (χ3n) is 4.57. The molecule has 2 heterocycles. The number of morpholine rings is 1. The smallest absolute Gasteiger partial charge is 0.0928 e. The van der Waals surface area contributed by atoms with Crippen molar-refractivity contribution in [3.63, 3.8) is 0 Å². The summed E-state index contributed by atoms with van der Waals surface area (Å²) in [5.41, 5.74) is 2.18. The molecule has 0 bridgehead atoms. The summed E-state index contributed by atoms with van der Waals surface area (Å²) in [7, 11) is 4.21. The number of rotatable bonds is 4. The Labute approximate surface area is 133 Å². The van der Waals surface area contributed by atoms with Crippen LogP contribution < -0.4 is 4.90 Å². The van der Waals surface area contributed by atoms with E-state index in [1.807, 2.05) is 13.1 Å². The van der Waals surface area contributed by atoms with Gasteiger partial charge < -0.3 is 14.5 Å². The molecule has 1 aliphatic heterocycles. The summed E-state index contributed by atoms with van der Waals surface area (Å²) in [6.07, 6.45) is 2.14. The molecule has 2 unspecified atom stereocenters. The van der Waals surface area contributed by atoms with Gasteiger partial charge in [0.05, 0.1) is 30.3 Å². The van der Waals surface area contributed by atoms with Gasteiger partial charge in [-0.15, -0.1) is 0 Å². The van der Waals surface area contributed by atoms with Gasteiger partial charge in [0.2, 0.25) is 0 Å². The fourth-order valence-corrected chi connectivity index (χ4v) is 2.58. The molecule has 0 aliphatic carbocycles. The molecule has 0 aromatic carbocycles. The van der Waals surface area contributed by atoms with Crippen LogP contribution in [-0.2, 0) is 4.74 Å². The maximum absolute atomic E-state index is 6.00. The molecule has 0 radical (unpaired) electrons.